The molecule has 5 nitrogen and oxygen atoms in total. The van der Waals surface area contributed by atoms with Crippen LogP contribution in [-0.2, 0) is 6.42 Å². The lowest BCUT2D eigenvalue weighted by Gasteiger charge is -2.00. The Morgan fingerprint density at radius 3 is 2.84 bits per heavy atom. The number of tetrazole rings is 1. The summed E-state index contributed by atoms with van der Waals surface area (Å²) in [6, 6.07) is 13.7. The van der Waals surface area contributed by atoms with E-state index in [1.807, 2.05) is 30.3 Å². The van der Waals surface area contributed by atoms with E-state index in [1.165, 1.54) is 10.4 Å². The number of hydrogen-bond donors (Lipinski definition) is 0. The van der Waals surface area contributed by atoms with Crippen LogP contribution in [0.25, 0.3) is 17.2 Å². The summed E-state index contributed by atoms with van der Waals surface area (Å²) in [7, 11) is 0. The molecule has 0 spiro atoms. The number of pyridine rings is 1. The van der Waals surface area contributed by atoms with Crippen LogP contribution in [0.15, 0.2) is 48.7 Å². The van der Waals surface area contributed by atoms with Gasteiger partial charge in [0.05, 0.1) is 5.69 Å². The molecule has 0 saturated heterocycles. The van der Waals surface area contributed by atoms with E-state index in [9.17, 15) is 0 Å². The van der Waals surface area contributed by atoms with Gasteiger partial charge in [-0.1, -0.05) is 25.1 Å². The van der Waals surface area contributed by atoms with Crippen LogP contribution in [0.1, 0.15) is 12.5 Å². The van der Waals surface area contributed by atoms with Gasteiger partial charge in [-0.15, -0.1) is 15.0 Å². The molecule has 3 aromatic rings. The highest BCUT2D eigenvalue weighted by molar-refractivity contribution is 5.47. The van der Waals surface area contributed by atoms with E-state index in [0.29, 0.717) is 5.82 Å². The Morgan fingerprint density at radius 2 is 2.05 bits per heavy atom. The Bertz CT molecular complexity index is 675. The van der Waals surface area contributed by atoms with Crippen LogP contribution in [0.2, 0.25) is 0 Å². The minimum atomic E-state index is 0.530. The summed E-state index contributed by atoms with van der Waals surface area (Å²) in [4.78, 5) is 5.74. The van der Waals surface area contributed by atoms with Crippen molar-refractivity contribution in [1.29, 1.82) is 0 Å². The third-order valence-electron chi connectivity index (χ3n) is 2.86. The summed E-state index contributed by atoms with van der Waals surface area (Å²) in [5.74, 6) is 0.530. The van der Waals surface area contributed by atoms with Crippen LogP contribution in [-0.4, -0.2) is 25.2 Å². The third kappa shape index (κ3) is 2.35. The van der Waals surface area contributed by atoms with Crippen molar-refractivity contribution in [3.05, 3.63) is 54.2 Å². The first-order valence-electron chi connectivity index (χ1n) is 6.17. The highest BCUT2D eigenvalue weighted by atomic mass is 15.6. The van der Waals surface area contributed by atoms with E-state index in [0.717, 1.165) is 17.8 Å². The maximum Gasteiger partial charge on any atom is 0.223 e. The van der Waals surface area contributed by atoms with Gasteiger partial charge in [-0.3, -0.25) is 4.98 Å². The molecule has 0 unspecified atom stereocenters. The summed E-state index contributed by atoms with van der Waals surface area (Å²) in [6.07, 6.45) is 2.70. The van der Waals surface area contributed by atoms with Gasteiger partial charge in [0.1, 0.15) is 5.69 Å². The van der Waals surface area contributed by atoms with Crippen molar-refractivity contribution < 1.29 is 0 Å². The molecular weight excluding hydrogens is 238 g/mol. The fraction of sp³-hybridized carbons (Fsp3) is 0.143. The van der Waals surface area contributed by atoms with E-state index in [4.69, 9.17) is 0 Å². The average molecular weight is 251 g/mol. The Balaban J connectivity index is 1.97. The standard InChI is InChI=1S/C14H13N5/c1-2-11-6-5-7-12(10-11)19-17-14(16-18-19)13-8-3-4-9-15-13/h3-10H,2H2,1H3. The number of nitrogens with zero attached hydrogens (tertiary/aromatic N) is 5. The molecule has 0 fully saturated rings. The highest BCUT2D eigenvalue weighted by Gasteiger charge is 2.07. The van der Waals surface area contributed by atoms with Crippen LogP contribution in [0.3, 0.4) is 0 Å². The molecule has 94 valence electrons. The number of aromatic nitrogens is 5. The largest absolute Gasteiger partial charge is 0.253 e. The maximum absolute atomic E-state index is 4.36. The molecule has 1 aromatic carbocycles. The average Bonchev–Trinajstić information content (AvgIpc) is 2.98. The van der Waals surface area contributed by atoms with Gasteiger partial charge in [-0.25, -0.2) is 0 Å². The Labute approximate surface area is 110 Å². The SMILES string of the molecule is CCc1cccc(-n2nnc(-c3ccccn3)n2)c1. The van der Waals surface area contributed by atoms with Gasteiger partial charge in [0, 0.05) is 6.20 Å². The van der Waals surface area contributed by atoms with Gasteiger partial charge >= 0.3 is 0 Å². The van der Waals surface area contributed by atoms with Gasteiger partial charge in [0.2, 0.25) is 5.82 Å². The van der Waals surface area contributed by atoms with Crippen molar-refractivity contribution in [1.82, 2.24) is 25.2 Å². The van der Waals surface area contributed by atoms with Crippen LogP contribution in [0.5, 0.6) is 0 Å². The van der Waals surface area contributed by atoms with Crippen LogP contribution < -0.4 is 0 Å². The second-order valence-electron chi connectivity index (χ2n) is 4.14. The van der Waals surface area contributed by atoms with Crippen molar-refractivity contribution in [3.63, 3.8) is 0 Å². The monoisotopic (exact) mass is 251 g/mol. The van der Waals surface area contributed by atoms with E-state index >= 15 is 0 Å². The molecule has 0 aliphatic heterocycles. The fourth-order valence-electron chi connectivity index (χ4n) is 1.82. The molecule has 19 heavy (non-hydrogen) atoms. The molecule has 2 heterocycles. The minimum Gasteiger partial charge on any atom is -0.253 e. The zero-order valence-corrected chi connectivity index (χ0v) is 10.6. The maximum atomic E-state index is 4.36. The zero-order chi connectivity index (χ0) is 13.1. The lowest BCUT2D eigenvalue weighted by molar-refractivity contribution is 0.719. The summed E-state index contributed by atoms with van der Waals surface area (Å²) in [5, 5.41) is 12.5. The van der Waals surface area contributed by atoms with Gasteiger partial charge in [0.15, 0.2) is 0 Å². The number of hydrogen-bond acceptors (Lipinski definition) is 4. The van der Waals surface area contributed by atoms with Crippen molar-refractivity contribution in [2.75, 3.05) is 0 Å². The molecule has 0 aliphatic rings. The zero-order valence-electron chi connectivity index (χ0n) is 10.6. The number of rotatable bonds is 3. The predicted molar refractivity (Wildman–Crippen MR) is 71.8 cm³/mol. The molecule has 0 amide bonds. The second kappa shape index (κ2) is 4.97. The summed E-state index contributed by atoms with van der Waals surface area (Å²) < 4.78 is 0. The molecular formula is C14H13N5. The van der Waals surface area contributed by atoms with Crippen LogP contribution in [0, 0.1) is 0 Å². The second-order valence-corrected chi connectivity index (χ2v) is 4.14. The minimum absolute atomic E-state index is 0.530. The van der Waals surface area contributed by atoms with Crippen LogP contribution in [0.4, 0.5) is 0 Å². The van der Waals surface area contributed by atoms with E-state index in [2.05, 4.69) is 39.5 Å². The molecule has 0 saturated carbocycles. The molecule has 5 heteroatoms. The molecule has 0 atom stereocenters. The normalized spacial score (nSPS) is 10.6. The van der Waals surface area contributed by atoms with Crippen molar-refractivity contribution in [2.24, 2.45) is 0 Å². The predicted octanol–water partition coefficient (Wildman–Crippen LogP) is 2.29. The van der Waals surface area contributed by atoms with Gasteiger partial charge < -0.3 is 0 Å². The third-order valence-corrected chi connectivity index (χ3v) is 2.86. The van der Waals surface area contributed by atoms with Gasteiger partial charge in [-0.2, -0.15) is 0 Å². The van der Waals surface area contributed by atoms with Crippen molar-refractivity contribution >= 4 is 0 Å². The Hall–Kier alpha value is -2.56. The molecule has 0 aliphatic carbocycles. The Morgan fingerprint density at radius 1 is 1.11 bits per heavy atom. The fourth-order valence-corrected chi connectivity index (χ4v) is 1.82. The lowest BCUT2D eigenvalue weighted by atomic mass is 10.1. The number of benzene rings is 1. The van der Waals surface area contributed by atoms with Crippen molar-refractivity contribution in [2.45, 2.75) is 13.3 Å². The summed E-state index contributed by atoms with van der Waals surface area (Å²) >= 11 is 0. The van der Waals surface area contributed by atoms with E-state index in [-0.39, 0.29) is 0 Å². The summed E-state index contributed by atoms with van der Waals surface area (Å²) in [5.41, 5.74) is 2.88. The summed E-state index contributed by atoms with van der Waals surface area (Å²) in [6.45, 7) is 2.12. The smallest absolute Gasteiger partial charge is 0.223 e. The molecule has 3 rings (SSSR count). The number of aryl methyl sites for hydroxylation is 1. The van der Waals surface area contributed by atoms with Crippen molar-refractivity contribution in [3.8, 4) is 17.2 Å². The molecule has 0 radical (unpaired) electrons. The van der Waals surface area contributed by atoms with E-state index in [1.54, 1.807) is 6.20 Å². The first kappa shape index (κ1) is 11.5. The molecule has 2 aromatic heterocycles. The molecule has 0 N–H and O–H groups in total. The first-order valence-corrected chi connectivity index (χ1v) is 6.17. The highest BCUT2D eigenvalue weighted by Crippen LogP contribution is 2.12. The quantitative estimate of drug-likeness (QED) is 0.716. The van der Waals surface area contributed by atoms with Gasteiger partial charge in [0.25, 0.3) is 0 Å². The molecule has 0 bridgehead atoms. The van der Waals surface area contributed by atoms with Crippen LogP contribution >= 0.6 is 0 Å². The van der Waals surface area contributed by atoms with Gasteiger partial charge in [-0.05, 0) is 41.5 Å². The lowest BCUT2D eigenvalue weighted by Crippen LogP contribution is -1.99. The topological polar surface area (TPSA) is 56.5 Å². The first-order chi connectivity index (χ1) is 9.36. The van der Waals surface area contributed by atoms with E-state index < -0.39 is 0 Å². The Kier molecular flexibility index (Phi) is 3.02.